The van der Waals surface area contributed by atoms with Gasteiger partial charge in [0.1, 0.15) is 28.5 Å². The van der Waals surface area contributed by atoms with E-state index in [9.17, 15) is 29.1 Å². The SMILES string of the molecule is CC(ON=C(C(=O)NC1C(=O)N2CC(CSc3nnnn3CCCNC(=O)OC(C)(C)C)(C(=O)O)CS[C@H]12)c1nsc(N)n1)C(=O)OC1CCCCC1. The minimum atomic E-state index is -1.34. The predicted molar refractivity (Wildman–Crippen MR) is 192 cm³/mol. The van der Waals surface area contributed by atoms with Crippen molar-refractivity contribution >= 4 is 75.7 Å². The number of alkyl carbamates (subject to hydrolysis) is 1. The number of oxime groups is 1. The van der Waals surface area contributed by atoms with Crippen molar-refractivity contribution in [1.29, 1.82) is 0 Å². The molecular weight excluding hydrogens is 755 g/mol. The van der Waals surface area contributed by atoms with Crippen LogP contribution in [0, 0.1) is 5.41 Å². The molecule has 0 spiro atoms. The van der Waals surface area contributed by atoms with E-state index in [0.717, 1.165) is 55.4 Å². The molecule has 2 aromatic rings. The molecule has 3 aliphatic rings. The fourth-order valence-electron chi connectivity index (χ4n) is 5.62. The first-order valence-electron chi connectivity index (χ1n) is 17.0. The summed E-state index contributed by atoms with van der Waals surface area (Å²) in [4.78, 5) is 74.8. The molecule has 2 aromatic heterocycles. The number of carboxylic acid groups (broad SMARTS) is 1. The molecule has 2 saturated heterocycles. The Labute approximate surface area is 317 Å². The van der Waals surface area contributed by atoms with Crippen LogP contribution in [-0.2, 0) is 40.0 Å². The maximum Gasteiger partial charge on any atom is 0.407 e. The van der Waals surface area contributed by atoms with Crippen LogP contribution in [0.3, 0.4) is 0 Å². The van der Waals surface area contributed by atoms with Gasteiger partial charge in [-0.25, -0.2) is 14.3 Å². The van der Waals surface area contributed by atoms with Crippen LogP contribution in [0.1, 0.15) is 72.0 Å². The highest BCUT2D eigenvalue weighted by Gasteiger charge is 2.57. The number of aliphatic carboxylic acids is 1. The Morgan fingerprint density at radius 1 is 1.21 bits per heavy atom. The Morgan fingerprint density at radius 2 is 1.96 bits per heavy atom. The molecule has 3 fully saturated rings. The number of hydrogen-bond acceptors (Lipinski definition) is 18. The van der Waals surface area contributed by atoms with Gasteiger partial charge in [0.25, 0.3) is 5.91 Å². The van der Waals surface area contributed by atoms with Crippen LogP contribution in [-0.4, -0.2) is 129 Å². The van der Waals surface area contributed by atoms with Crippen LogP contribution in [0.15, 0.2) is 10.3 Å². The summed E-state index contributed by atoms with van der Waals surface area (Å²) < 4.78 is 16.3. The van der Waals surface area contributed by atoms with Crippen molar-refractivity contribution in [3.8, 4) is 0 Å². The third-order valence-corrected chi connectivity index (χ3v) is 11.8. The van der Waals surface area contributed by atoms with Crippen molar-refractivity contribution in [2.24, 2.45) is 10.6 Å². The number of aromatic nitrogens is 6. The highest BCUT2D eigenvalue weighted by Crippen LogP contribution is 2.44. The molecule has 53 heavy (non-hydrogen) atoms. The van der Waals surface area contributed by atoms with Crippen molar-refractivity contribution in [2.45, 2.75) is 107 Å². The van der Waals surface area contributed by atoms with E-state index < -0.39 is 64.1 Å². The second-order valence-electron chi connectivity index (χ2n) is 13.8. The summed E-state index contributed by atoms with van der Waals surface area (Å²) in [5.41, 5.74) is 3.39. The summed E-state index contributed by atoms with van der Waals surface area (Å²) >= 11 is 3.19. The molecular formula is C30H43N11O9S3. The first-order chi connectivity index (χ1) is 25.2. The number of carbonyl (C=O) groups excluding carboxylic acids is 4. The second kappa shape index (κ2) is 17.3. The number of hydrogen-bond donors (Lipinski definition) is 4. The summed E-state index contributed by atoms with van der Waals surface area (Å²) in [7, 11) is 0. The Balaban J connectivity index is 1.16. The lowest BCUT2D eigenvalue weighted by Gasteiger charge is -2.53. The minimum absolute atomic E-state index is 0.0612. The van der Waals surface area contributed by atoms with Crippen LogP contribution < -0.4 is 16.4 Å². The van der Waals surface area contributed by atoms with Crippen LogP contribution in [0.25, 0.3) is 0 Å². The lowest BCUT2D eigenvalue weighted by Crippen LogP contribution is -2.74. The monoisotopic (exact) mass is 797 g/mol. The standard InChI is InChI=1S/C30H43N11O9S3/c1-16(24(44)48-17-9-6-5-7-10-17)50-36-18(20-34-26(31)53-37-20)21(42)33-19-22(43)40-13-30(25(45)46,14-51-23(19)40)15-52-27-35-38-39-41(27)12-8-11-32-28(47)49-29(2,3)4/h16-17,19,23H,5-15H2,1-4H3,(H,32,47)(H,33,42)(H,45,46)(H2,31,34,37)/t16?,19?,23-,30?/m1/s1. The molecule has 3 amide bonds. The van der Waals surface area contributed by atoms with E-state index in [1.165, 1.54) is 28.3 Å². The van der Waals surface area contributed by atoms with Gasteiger partial charge in [0.2, 0.25) is 28.7 Å². The quantitative estimate of drug-likeness (QED) is 0.0493. The average Bonchev–Trinajstić information content (AvgIpc) is 3.75. The third-order valence-electron chi connectivity index (χ3n) is 8.41. The van der Waals surface area contributed by atoms with Gasteiger partial charge in [0.15, 0.2) is 5.13 Å². The largest absolute Gasteiger partial charge is 0.481 e. The zero-order valence-corrected chi connectivity index (χ0v) is 32.1. The number of nitrogens with one attached hydrogen (secondary N) is 2. The highest BCUT2D eigenvalue weighted by molar-refractivity contribution is 8.00. The number of anilines is 1. The number of rotatable bonds is 15. The highest BCUT2D eigenvalue weighted by atomic mass is 32.2. The Morgan fingerprint density at radius 3 is 2.64 bits per heavy atom. The van der Waals surface area contributed by atoms with Crippen LogP contribution in [0.5, 0.6) is 0 Å². The third kappa shape index (κ3) is 10.2. The molecule has 2 aliphatic heterocycles. The second-order valence-corrected chi connectivity index (χ2v) is 16.6. The maximum absolute atomic E-state index is 13.5. The molecule has 3 unspecified atom stereocenters. The first-order valence-corrected chi connectivity index (χ1v) is 19.8. The Kier molecular flexibility index (Phi) is 13.0. The molecule has 290 valence electrons. The first kappa shape index (κ1) is 39.9. The van der Waals surface area contributed by atoms with Crippen molar-refractivity contribution in [2.75, 3.05) is 30.3 Å². The molecule has 0 radical (unpaired) electrons. The number of nitrogens with two attached hydrogens (primary N) is 1. The fourth-order valence-corrected chi connectivity index (χ4v) is 8.82. The summed E-state index contributed by atoms with van der Waals surface area (Å²) in [5, 5.41) is 31.1. The van der Waals surface area contributed by atoms with Crippen molar-refractivity contribution in [3.05, 3.63) is 5.82 Å². The zero-order valence-electron chi connectivity index (χ0n) is 29.7. The number of aryl methyl sites for hydroxylation is 1. The number of thioether (sulfide) groups is 2. The number of carboxylic acids is 1. The summed E-state index contributed by atoms with van der Waals surface area (Å²) in [6.45, 7) is 7.32. The van der Waals surface area contributed by atoms with Gasteiger partial charge in [-0.3, -0.25) is 14.4 Å². The lowest BCUT2D eigenvalue weighted by molar-refractivity contribution is -0.163. The van der Waals surface area contributed by atoms with Crippen molar-refractivity contribution in [3.63, 3.8) is 0 Å². The van der Waals surface area contributed by atoms with Gasteiger partial charge < -0.3 is 40.7 Å². The number of carbonyl (C=O) groups is 5. The molecule has 0 aromatic carbocycles. The molecule has 20 nitrogen and oxygen atoms in total. The van der Waals surface area contributed by atoms with E-state index in [0.29, 0.717) is 24.7 Å². The van der Waals surface area contributed by atoms with Gasteiger partial charge in [-0.2, -0.15) is 9.36 Å². The number of nitrogen functional groups attached to an aromatic ring is 1. The normalized spacial score (nSPS) is 22.6. The van der Waals surface area contributed by atoms with E-state index in [4.69, 9.17) is 20.0 Å². The molecule has 4 atom stereocenters. The smallest absolute Gasteiger partial charge is 0.407 e. The van der Waals surface area contributed by atoms with Crippen molar-refractivity contribution < 1.29 is 43.4 Å². The zero-order chi connectivity index (χ0) is 38.3. The van der Waals surface area contributed by atoms with Crippen LogP contribution in [0.2, 0.25) is 0 Å². The minimum Gasteiger partial charge on any atom is -0.481 e. The van der Waals surface area contributed by atoms with Gasteiger partial charge in [0.05, 0.1) is 0 Å². The number of ether oxygens (including phenoxy) is 2. The number of fused-ring (bicyclic) bond motifs is 1. The van der Waals surface area contributed by atoms with Crippen LogP contribution >= 0.6 is 35.1 Å². The van der Waals surface area contributed by atoms with E-state index in [1.807, 2.05) is 0 Å². The van der Waals surface area contributed by atoms with Crippen molar-refractivity contribution in [1.82, 2.24) is 45.1 Å². The average molecular weight is 798 g/mol. The Hall–Kier alpha value is -4.25. The molecule has 5 rings (SSSR count). The molecule has 5 N–H and O–H groups in total. The number of esters is 1. The molecule has 0 bridgehead atoms. The summed E-state index contributed by atoms with van der Waals surface area (Å²) in [5.74, 6) is -3.00. The predicted octanol–water partition coefficient (Wildman–Crippen LogP) is 1.27. The fraction of sp³-hybridized carbons (Fsp3) is 0.700. The number of nitrogens with zero attached hydrogens (tertiary/aromatic N) is 8. The lowest BCUT2D eigenvalue weighted by atomic mass is 9.89. The maximum atomic E-state index is 13.5. The number of tetrazole rings is 1. The van der Waals surface area contributed by atoms with Gasteiger partial charge in [-0.15, -0.1) is 16.9 Å². The molecule has 23 heteroatoms. The molecule has 1 aliphatic carbocycles. The molecule has 4 heterocycles. The molecule has 1 saturated carbocycles. The van der Waals surface area contributed by atoms with E-state index in [-0.39, 0.29) is 35.1 Å². The van der Waals surface area contributed by atoms with E-state index >= 15 is 0 Å². The van der Waals surface area contributed by atoms with Gasteiger partial charge in [-0.1, -0.05) is 23.3 Å². The number of amides is 3. The summed E-state index contributed by atoms with van der Waals surface area (Å²) in [6.07, 6.45) is 3.20. The topological polar surface area (TPSA) is 268 Å². The van der Waals surface area contributed by atoms with Gasteiger partial charge in [-0.05, 0) is 70.2 Å². The van der Waals surface area contributed by atoms with Gasteiger partial charge in [0, 0.05) is 42.7 Å². The van der Waals surface area contributed by atoms with E-state index in [2.05, 4.69) is 40.7 Å². The van der Waals surface area contributed by atoms with Crippen LogP contribution in [0.4, 0.5) is 9.93 Å². The Bertz CT molecular complexity index is 1690. The summed E-state index contributed by atoms with van der Waals surface area (Å²) in [6, 6.07) is -0.997. The van der Waals surface area contributed by atoms with Gasteiger partial charge >= 0.3 is 18.0 Å². The van der Waals surface area contributed by atoms with E-state index in [1.54, 1.807) is 20.8 Å². The number of β-lactam (4-membered cyclic amide) rings is 1.